The van der Waals surface area contributed by atoms with Crippen molar-refractivity contribution in [3.05, 3.63) is 54.0 Å². The fraction of sp³-hybridized carbons (Fsp3) is 0.368. The van der Waals surface area contributed by atoms with E-state index in [9.17, 15) is 9.18 Å². The second-order valence-corrected chi connectivity index (χ2v) is 6.35. The average molecular weight is 342 g/mol. The molecule has 0 atom stereocenters. The zero-order valence-electron chi connectivity index (χ0n) is 14.1. The number of pyridine rings is 1. The Bertz CT molecular complexity index is 682. The number of hydrogen-bond donors (Lipinski definition) is 3. The number of benzene rings is 1. The van der Waals surface area contributed by atoms with E-state index in [1.165, 1.54) is 31.4 Å². The lowest BCUT2D eigenvalue weighted by Gasteiger charge is -2.22. The van der Waals surface area contributed by atoms with Crippen LogP contribution in [0.5, 0.6) is 0 Å². The van der Waals surface area contributed by atoms with Crippen LogP contribution < -0.4 is 16.0 Å². The Labute approximate surface area is 147 Å². The first kappa shape index (κ1) is 17.2. The number of carbonyl (C=O) groups excluding carboxylic acids is 1. The number of hydrogen-bond acceptors (Lipinski definition) is 3. The van der Waals surface area contributed by atoms with Crippen molar-refractivity contribution >= 4 is 17.5 Å². The molecule has 25 heavy (non-hydrogen) atoms. The molecule has 6 heteroatoms. The molecule has 3 N–H and O–H groups in total. The molecule has 1 aromatic carbocycles. The third-order valence-electron chi connectivity index (χ3n) is 4.35. The van der Waals surface area contributed by atoms with Crippen molar-refractivity contribution in [1.29, 1.82) is 0 Å². The van der Waals surface area contributed by atoms with Gasteiger partial charge in [0.05, 0.1) is 11.9 Å². The third-order valence-corrected chi connectivity index (χ3v) is 4.35. The first-order valence-corrected chi connectivity index (χ1v) is 8.71. The number of amides is 2. The van der Waals surface area contributed by atoms with Crippen LogP contribution in [0.25, 0.3) is 0 Å². The zero-order chi connectivity index (χ0) is 17.5. The van der Waals surface area contributed by atoms with Crippen molar-refractivity contribution in [3.8, 4) is 0 Å². The van der Waals surface area contributed by atoms with Crippen LogP contribution in [0.3, 0.4) is 0 Å². The van der Waals surface area contributed by atoms with Gasteiger partial charge in [-0.3, -0.25) is 0 Å². The monoisotopic (exact) mass is 342 g/mol. The summed E-state index contributed by atoms with van der Waals surface area (Å²) < 4.78 is 12.9. The molecule has 0 bridgehead atoms. The Morgan fingerprint density at radius 2 is 1.84 bits per heavy atom. The molecule has 1 heterocycles. The van der Waals surface area contributed by atoms with Crippen LogP contribution in [0.2, 0.25) is 0 Å². The number of halogens is 1. The first-order valence-electron chi connectivity index (χ1n) is 8.71. The largest absolute Gasteiger partial charge is 0.366 e. The predicted molar refractivity (Wildman–Crippen MR) is 97.0 cm³/mol. The normalized spacial score (nSPS) is 14.8. The summed E-state index contributed by atoms with van der Waals surface area (Å²) in [5, 5.41) is 8.99. The van der Waals surface area contributed by atoms with Crippen LogP contribution in [-0.4, -0.2) is 17.1 Å². The minimum atomic E-state index is -0.246. The lowest BCUT2D eigenvalue weighted by molar-refractivity contribution is 0.244. The van der Waals surface area contributed by atoms with Gasteiger partial charge in [0.25, 0.3) is 0 Å². The first-order chi connectivity index (χ1) is 12.2. The van der Waals surface area contributed by atoms with Crippen LogP contribution in [0.4, 0.5) is 20.7 Å². The van der Waals surface area contributed by atoms with Gasteiger partial charge in [-0.05, 0) is 42.7 Å². The van der Waals surface area contributed by atoms with Gasteiger partial charge in [-0.15, -0.1) is 0 Å². The third kappa shape index (κ3) is 5.45. The van der Waals surface area contributed by atoms with Gasteiger partial charge in [-0.25, -0.2) is 14.2 Å². The summed E-state index contributed by atoms with van der Waals surface area (Å²) in [5.41, 5.74) is 1.62. The summed E-state index contributed by atoms with van der Waals surface area (Å²) in [5.74, 6) is 0.450. The van der Waals surface area contributed by atoms with Gasteiger partial charge in [0.1, 0.15) is 11.6 Å². The van der Waals surface area contributed by atoms with Gasteiger partial charge in [0.2, 0.25) is 0 Å². The lowest BCUT2D eigenvalue weighted by atomic mass is 9.96. The highest BCUT2D eigenvalue weighted by Gasteiger charge is 2.15. The quantitative estimate of drug-likeness (QED) is 0.759. The van der Waals surface area contributed by atoms with E-state index in [1.54, 1.807) is 30.5 Å². The number of nitrogens with one attached hydrogen (secondary N) is 3. The molecular formula is C19H23FN4O. The molecule has 3 rings (SSSR count). The maximum Gasteiger partial charge on any atom is 0.319 e. The Kier molecular flexibility index (Phi) is 5.82. The predicted octanol–water partition coefficient (Wildman–Crippen LogP) is 4.29. The van der Waals surface area contributed by atoms with E-state index in [0.717, 1.165) is 18.4 Å². The molecule has 0 unspecified atom stereocenters. The van der Waals surface area contributed by atoms with Crippen LogP contribution in [0.1, 0.15) is 37.7 Å². The highest BCUT2D eigenvalue weighted by Crippen LogP contribution is 2.17. The fourth-order valence-corrected chi connectivity index (χ4v) is 2.97. The van der Waals surface area contributed by atoms with Crippen LogP contribution >= 0.6 is 0 Å². The van der Waals surface area contributed by atoms with E-state index in [4.69, 9.17) is 0 Å². The van der Waals surface area contributed by atoms with Crippen molar-refractivity contribution in [2.45, 2.75) is 44.7 Å². The van der Waals surface area contributed by atoms with Crippen LogP contribution in [0.15, 0.2) is 42.6 Å². The van der Waals surface area contributed by atoms with Crippen molar-refractivity contribution in [2.24, 2.45) is 0 Å². The summed E-state index contributed by atoms with van der Waals surface area (Å²) in [6, 6.07) is 10.0. The van der Waals surface area contributed by atoms with E-state index < -0.39 is 0 Å². The lowest BCUT2D eigenvalue weighted by Crippen LogP contribution is -2.39. The molecule has 2 amide bonds. The highest BCUT2D eigenvalue weighted by atomic mass is 19.1. The summed E-state index contributed by atoms with van der Waals surface area (Å²) >= 11 is 0. The minimum Gasteiger partial charge on any atom is -0.366 e. The second-order valence-electron chi connectivity index (χ2n) is 6.35. The Balaban J connectivity index is 1.46. The Morgan fingerprint density at radius 1 is 1.08 bits per heavy atom. The van der Waals surface area contributed by atoms with Crippen molar-refractivity contribution in [1.82, 2.24) is 10.3 Å². The number of carbonyl (C=O) groups is 1. The SMILES string of the molecule is O=C(Nc1ccc(NCc2ccc(F)cc2)nc1)NC1CCCCC1. The standard InChI is InChI=1S/C19H23FN4O/c20-15-8-6-14(7-9-15)12-21-18-11-10-17(13-22-18)24-19(25)23-16-4-2-1-3-5-16/h6-11,13,16H,1-5,12H2,(H,21,22)(H2,23,24,25). The molecule has 2 aromatic rings. The van der Waals surface area contributed by atoms with Crippen molar-refractivity contribution in [3.63, 3.8) is 0 Å². The summed E-state index contributed by atoms with van der Waals surface area (Å²) in [6.45, 7) is 0.558. The van der Waals surface area contributed by atoms with Gasteiger partial charge < -0.3 is 16.0 Å². The number of nitrogens with zero attached hydrogens (tertiary/aromatic N) is 1. The van der Waals surface area contributed by atoms with Gasteiger partial charge >= 0.3 is 6.03 Å². The fourth-order valence-electron chi connectivity index (χ4n) is 2.97. The summed E-state index contributed by atoms with van der Waals surface area (Å²) in [6.07, 6.45) is 7.35. The van der Waals surface area contributed by atoms with E-state index in [2.05, 4.69) is 20.9 Å². The summed E-state index contributed by atoms with van der Waals surface area (Å²) in [4.78, 5) is 16.3. The minimum absolute atomic E-state index is 0.180. The molecule has 1 fully saturated rings. The molecular weight excluding hydrogens is 319 g/mol. The smallest absolute Gasteiger partial charge is 0.319 e. The van der Waals surface area contributed by atoms with E-state index in [-0.39, 0.29) is 17.9 Å². The maximum atomic E-state index is 12.9. The van der Waals surface area contributed by atoms with Crippen molar-refractivity contribution < 1.29 is 9.18 Å². The molecule has 1 aromatic heterocycles. The van der Waals surface area contributed by atoms with E-state index in [1.807, 2.05) is 0 Å². The van der Waals surface area contributed by atoms with Crippen molar-refractivity contribution in [2.75, 3.05) is 10.6 Å². The van der Waals surface area contributed by atoms with Crippen LogP contribution in [-0.2, 0) is 6.54 Å². The summed E-state index contributed by atoms with van der Waals surface area (Å²) in [7, 11) is 0. The highest BCUT2D eigenvalue weighted by molar-refractivity contribution is 5.89. The van der Waals surface area contributed by atoms with E-state index >= 15 is 0 Å². The van der Waals surface area contributed by atoms with Gasteiger partial charge in [0, 0.05) is 12.6 Å². The molecule has 0 saturated heterocycles. The molecule has 0 aliphatic heterocycles. The Hall–Kier alpha value is -2.63. The van der Waals surface area contributed by atoms with Gasteiger partial charge in [-0.1, -0.05) is 31.4 Å². The number of aromatic nitrogens is 1. The number of urea groups is 1. The van der Waals surface area contributed by atoms with Crippen LogP contribution in [0, 0.1) is 5.82 Å². The number of rotatable bonds is 5. The molecule has 5 nitrogen and oxygen atoms in total. The molecule has 1 saturated carbocycles. The maximum absolute atomic E-state index is 12.9. The molecule has 0 radical (unpaired) electrons. The Morgan fingerprint density at radius 3 is 2.52 bits per heavy atom. The molecule has 1 aliphatic rings. The topological polar surface area (TPSA) is 66.0 Å². The second kappa shape index (κ2) is 8.46. The van der Waals surface area contributed by atoms with Gasteiger partial charge in [0.15, 0.2) is 0 Å². The van der Waals surface area contributed by atoms with E-state index in [0.29, 0.717) is 18.1 Å². The average Bonchev–Trinajstić information content (AvgIpc) is 2.63. The molecule has 0 spiro atoms. The molecule has 1 aliphatic carbocycles. The zero-order valence-corrected chi connectivity index (χ0v) is 14.1. The molecule has 132 valence electrons. The number of anilines is 2. The van der Waals surface area contributed by atoms with Gasteiger partial charge in [-0.2, -0.15) is 0 Å².